The molecule has 2 amide bonds. The summed E-state index contributed by atoms with van der Waals surface area (Å²) in [7, 11) is 1.56. The van der Waals surface area contributed by atoms with E-state index in [4.69, 9.17) is 4.74 Å². The average molecular weight is 435 g/mol. The van der Waals surface area contributed by atoms with Gasteiger partial charge in [0.05, 0.1) is 0 Å². The molecule has 0 aliphatic carbocycles. The standard InChI is InChI=1S/C26H27FN2O3/c1-19-7-6-10-21(15-19)17-29(25(30)18-32-23-13-11-22(27)12-14-23)24(26(31)28-2)16-20-8-4-3-5-9-20/h3-15,24H,16-18H2,1-2H3,(H,28,31)/t24-/m1/s1. The number of carbonyl (C=O) groups excluding carboxylic acids is 2. The van der Waals surface area contributed by atoms with Crippen molar-refractivity contribution in [1.29, 1.82) is 0 Å². The SMILES string of the molecule is CNC(=O)[C@@H](Cc1ccccc1)N(Cc1cccc(C)c1)C(=O)COc1ccc(F)cc1. The maximum Gasteiger partial charge on any atom is 0.261 e. The smallest absolute Gasteiger partial charge is 0.261 e. The highest BCUT2D eigenvalue weighted by Crippen LogP contribution is 2.17. The molecule has 0 spiro atoms. The molecule has 3 rings (SSSR count). The summed E-state index contributed by atoms with van der Waals surface area (Å²) in [5, 5.41) is 2.68. The highest BCUT2D eigenvalue weighted by molar-refractivity contribution is 5.88. The molecule has 0 fully saturated rings. The average Bonchev–Trinajstić information content (AvgIpc) is 2.81. The van der Waals surface area contributed by atoms with Crippen LogP contribution < -0.4 is 10.1 Å². The number of nitrogens with one attached hydrogen (secondary N) is 1. The molecule has 0 saturated carbocycles. The summed E-state index contributed by atoms with van der Waals surface area (Å²) in [5.41, 5.74) is 2.93. The van der Waals surface area contributed by atoms with Crippen LogP contribution in [0.15, 0.2) is 78.9 Å². The first-order valence-corrected chi connectivity index (χ1v) is 10.4. The van der Waals surface area contributed by atoms with Crippen molar-refractivity contribution in [3.05, 3.63) is 101 Å². The lowest BCUT2D eigenvalue weighted by Gasteiger charge is -2.31. The topological polar surface area (TPSA) is 58.6 Å². The lowest BCUT2D eigenvalue weighted by atomic mass is 10.0. The highest BCUT2D eigenvalue weighted by Gasteiger charge is 2.30. The normalized spacial score (nSPS) is 11.5. The van der Waals surface area contributed by atoms with Gasteiger partial charge in [-0.3, -0.25) is 9.59 Å². The van der Waals surface area contributed by atoms with E-state index in [1.165, 1.54) is 24.3 Å². The van der Waals surface area contributed by atoms with Gasteiger partial charge in [0.2, 0.25) is 5.91 Å². The first kappa shape index (κ1) is 23.0. The number of nitrogens with zero attached hydrogens (tertiary/aromatic N) is 1. The molecular formula is C26H27FN2O3. The van der Waals surface area contributed by atoms with Gasteiger partial charge in [0.25, 0.3) is 5.91 Å². The summed E-state index contributed by atoms with van der Waals surface area (Å²) in [6.07, 6.45) is 0.370. The van der Waals surface area contributed by atoms with Gasteiger partial charge in [-0.15, -0.1) is 0 Å². The highest BCUT2D eigenvalue weighted by atomic mass is 19.1. The summed E-state index contributed by atoms with van der Waals surface area (Å²) in [6, 6.07) is 22.2. The van der Waals surface area contributed by atoms with Crippen molar-refractivity contribution in [2.24, 2.45) is 0 Å². The Labute approximate surface area is 187 Å². The van der Waals surface area contributed by atoms with Crippen molar-refractivity contribution in [2.75, 3.05) is 13.7 Å². The first-order chi connectivity index (χ1) is 15.5. The van der Waals surface area contributed by atoms with Crippen molar-refractivity contribution >= 4 is 11.8 Å². The van der Waals surface area contributed by atoms with Gasteiger partial charge in [-0.05, 0) is 42.3 Å². The van der Waals surface area contributed by atoms with Crippen molar-refractivity contribution in [3.63, 3.8) is 0 Å². The van der Waals surface area contributed by atoms with Gasteiger partial charge in [-0.2, -0.15) is 0 Å². The lowest BCUT2D eigenvalue weighted by molar-refractivity contribution is -0.142. The van der Waals surface area contributed by atoms with E-state index in [1.807, 2.05) is 61.5 Å². The van der Waals surface area contributed by atoms with E-state index in [2.05, 4.69) is 5.32 Å². The van der Waals surface area contributed by atoms with Crippen molar-refractivity contribution in [1.82, 2.24) is 10.2 Å². The van der Waals surface area contributed by atoms with Gasteiger partial charge in [-0.1, -0.05) is 60.2 Å². The number of halogens is 1. The minimum absolute atomic E-state index is 0.253. The number of amides is 2. The van der Waals surface area contributed by atoms with Crippen LogP contribution in [-0.4, -0.2) is 36.4 Å². The fourth-order valence-electron chi connectivity index (χ4n) is 3.49. The molecule has 0 heterocycles. The Morgan fingerprint density at radius 1 is 0.969 bits per heavy atom. The van der Waals surface area contributed by atoms with Crippen LogP contribution in [0.4, 0.5) is 4.39 Å². The minimum Gasteiger partial charge on any atom is -0.484 e. The van der Waals surface area contributed by atoms with Crippen LogP contribution in [0, 0.1) is 12.7 Å². The maximum absolute atomic E-state index is 13.3. The van der Waals surface area contributed by atoms with Crippen molar-refractivity contribution < 1.29 is 18.7 Å². The van der Waals surface area contributed by atoms with E-state index in [9.17, 15) is 14.0 Å². The van der Waals surface area contributed by atoms with Gasteiger partial charge >= 0.3 is 0 Å². The minimum atomic E-state index is -0.716. The number of carbonyl (C=O) groups is 2. The summed E-state index contributed by atoms with van der Waals surface area (Å²) >= 11 is 0. The molecule has 0 aliphatic heterocycles. The van der Waals surface area contributed by atoms with E-state index in [0.29, 0.717) is 12.2 Å². The molecule has 166 valence electrons. The van der Waals surface area contributed by atoms with E-state index in [-0.39, 0.29) is 30.8 Å². The number of aryl methyl sites for hydroxylation is 1. The molecule has 0 aliphatic rings. The van der Waals surface area contributed by atoms with Gasteiger partial charge in [0, 0.05) is 20.0 Å². The molecule has 32 heavy (non-hydrogen) atoms. The largest absolute Gasteiger partial charge is 0.484 e. The number of rotatable bonds is 9. The maximum atomic E-state index is 13.3. The monoisotopic (exact) mass is 434 g/mol. The van der Waals surface area contributed by atoms with Crippen LogP contribution in [0.3, 0.4) is 0 Å². The summed E-state index contributed by atoms with van der Waals surface area (Å²) in [6.45, 7) is 1.98. The summed E-state index contributed by atoms with van der Waals surface area (Å²) < 4.78 is 18.7. The Hall–Kier alpha value is -3.67. The predicted molar refractivity (Wildman–Crippen MR) is 122 cm³/mol. The first-order valence-electron chi connectivity index (χ1n) is 10.4. The number of hydrogen-bond acceptors (Lipinski definition) is 3. The van der Waals surface area contributed by atoms with Crippen LogP contribution in [0.2, 0.25) is 0 Å². The van der Waals surface area contributed by atoms with Gasteiger partial charge < -0.3 is 15.0 Å². The molecule has 0 aromatic heterocycles. The quantitative estimate of drug-likeness (QED) is 0.556. The number of hydrogen-bond donors (Lipinski definition) is 1. The lowest BCUT2D eigenvalue weighted by Crippen LogP contribution is -2.51. The van der Waals surface area contributed by atoms with Gasteiger partial charge in [0.15, 0.2) is 6.61 Å². The van der Waals surface area contributed by atoms with Gasteiger partial charge in [0.1, 0.15) is 17.6 Å². The fourth-order valence-corrected chi connectivity index (χ4v) is 3.49. The molecule has 5 nitrogen and oxygen atoms in total. The van der Waals surface area contributed by atoms with Crippen LogP contribution in [0.5, 0.6) is 5.75 Å². The van der Waals surface area contributed by atoms with Crippen molar-refractivity contribution in [3.8, 4) is 5.75 Å². The van der Waals surface area contributed by atoms with Crippen LogP contribution in [0.25, 0.3) is 0 Å². The molecule has 6 heteroatoms. The Kier molecular flexibility index (Phi) is 7.97. The van der Waals surface area contributed by atoms with E-state index >= 15 is 0 Å². The fraction of sp³-hybridized carbons (Fsp3) is 0.231. The zero-order chi connectivity index (χ0) is 22.9. The van der Waals surface area contributed by atoms with Crippen molar-refractivity contribution in [2.45, 2.75) is 25.9 Å². The Morgan fingerprint density at radius 3 is 2.31 bits per heavy atom. The molecular weight excluding hydrogens is 407 g/mol. The van der Waals surface area contributed by atoms with Gasteiger partial charge in [-0.25, -0.2) is 4.39 Å². The van der Waals surface area contributed by atoms with E-state index < -0.39 is 6.04 Å². The molecule has 1 N–H and O–H groups in total. The predicted octanol–water partition coefficient (Wildman–Crippen LogP) is 3.90. The second kappa shape index (κ2) is 11.1. The molecule has 0 bridgehead atoms. The third kappa shape index (κ3) is 6.41. The number of benzene rings is 3. The third-order valence-corrected chi connectivity index (χ3v) is 5.13. The Morgan fingerprint density at radius 2 is 1.66 bits per heavy atom. The second-order valence-corrected chi connectivity index (χ2v) is 7.57. The van der Waals surface area contributed by atoms with Crippen LogP contribution in [-0.2, 0) is 22.6 Å². The van der Waals surface area contributed by atoms with Crippen LogP contribution >= 0.6 is 0 Å². The van der Waals surface area contributed by atoms with Crippen LogP contribution in [0.1, 0.15) is 16.7 Å². The van der Waals surface area contributed by atoms with E-state index in [0.717, 1.165) is 16.7 Å². The molecule has 3 aromatic rings. The zero-order valence-electron chi connectivity index (χ0n) is 18.3. The summed E-state index contributed by atoms with van der Waals surface area (Å²) in [4.78, 5) is 27.7. The third-order valence-electron chi connectivity index (χ3n) is 5.13. The Bertz CT molecular complexity index is 1040. The molecule has 0 saturated heterocycles. The number of likely N-dealkylation sites (N-methyl/N-ethyl adjacent to an activating group) is 1. The van der Waals surface area contributed by atoms with E-state index in [1.54, 1.807) is 11.9 Å². The number of ether oxygens (including phenoxy) is 1. The molecule has 1 atom stereocenters. The molecule has 3 aromatic carbocycles. The molecule has 0 radical (unpaired) electrons. The zero-order valence-corrected chi connectivity index (χ0v) is 18.3. The molecule has 0 unspecified atom stereocenters. The Balaban J connectivity index is 1.86. The second-order valence-electron chi connectivity index (χ2n) is 7.57. The summed E-state index contributed by atoms with van der Waals surface area (Å²) in [5.74, 6) is -0.584.